The van der Waals surface area contributed by atoms with Crippen LogP contribution < -0.4 is 15.2 Å². The molecule has 0 radical (unpaired) electrons. The second-order valence-electron chi connectivity index (χ2n) is 7.53. The van der Waals surface area contributed by atoms with Crippen molar-refractivity contribution in [2.45, 2.75) is 19.3 Å². The number of carbonyl (C=O) groups excluding carboxylic acids is 1. The van der Waals surface area contributed by atoms with E-state index in [0.29, 0.717) is 22.1 Å². The SMILES string of the molecule is CCc1ccc(C2C(C#N)=C(N)Oc3cc(OC(=O)/C=C/c4ccc(Cl)cc4)ccc32)cc1. The first-order valence-corrected chi connectivity index (χ1v) is 10.8. The minimum absolute atomic E-state index is 0.0423. The highest BCUT2D eigenvalue weighted by Crippen LogP contribution is 2.43. The molecule has 0 aromatic heterocycles. The van der Waals surface area contributed by atoms with Crippen LogP contribution in [0.15, 0.2) is 84.3 Å². The summed E-state index contributed by atoms with van der Waals surface area (Å²) in [6.45, 7) is 2.09. The second kappa shape index (κ2) is 9.64. The van der Waals surface area contributed by atoms with Crippen molar-refractivity contribution in [3.05, 3.63) is 112 Å². The molecule has 0 saturated heterocycles. The van der Waals surface area contributed by atoms with Gasteiger partial charge in [-0.1, -0.05) is 61.0 Å². The fourth-order valence-corrected chi connectivity index (χ4v) is 3.80. The third-order valence-corrected chi connectivity index (χ3v) is 5.66. The maximum Gasteiger partial charge on any atom is 0.336 e. The maximum absolute atomic E-state index is 12.3. The molecule has 0 fully saturated rings. The molecule has 0 bridgehead atoms. The molecule has 0 aliphatic carbocycles. The average molecular weight is 457 g/mol. The Kier molecular flexibility index (Phi) is 6.48. The fraction of sp³-hybridized carbons (Fsp3) is 0.111. The van der Waals surface area contributed by atoms with Gasteiger partial charge in [0.05, 0.1) is 5.92 Å². The number of nitriles is 1. The molecule has 5 nitrogen and oxygen atoms in total. The van der Waals surface area contributed by atoms with Gasteiger partial charge in [0.25, 0.3) is 0 Å². The molecule has 2 N–H and O–H groups in total. The van der Waals surface area contributed by atoms with Gasteiger partial charge < -0.3 is 15.2 Å². The molecule has 1 heterocycles. The molecule has 6 heteroatoms. The standard InChI is InChI=1S/C27H21ClN2O3/c1-2-17-3-8-19(9-4-17)26-22-13-12-21(15-24(22)33-27(30)23(26)16-29)32-25(31)14-7-18-5-10-20(28)11-6-18/h3-15,26H,2,30H2,1H3/b14-7+. The Bertz CT molecular complexity index is 1290. The molecule has 1 atom stereocenters. The predicted octanol–water partition coefficient (Wildman–Crippen LogP) is 5.74. The van der Waals surface area contributed by atoms with Crippen molar-refractivity contribution in [1.29, 1.82) is 5.26 Å². The van der Waals surface area contributed by atoms with Crippen LogP contribution in [0.2, 0.25) is 5.02 Å². The van der Waals surface area contributed by atoms with E-state index in [4.69, 9.17) is 26.8 Å². The molecule has 1 unspecified atom stereocenters. The monoisotopic (exact) mass is 456 g/mol. The number of nitrogens with zero attached hydrogens (tertiary/aromatic N) is 1. The van der Waals surface area contributed by atoms with E-state index in [1.54, 1.807) is 48.5 Å². The minimum Gasteiger partial charge on any atom is -0.440 e. The highest BCUT2D eigenvalue weighted by Gasteiger charge is 2.31. The largest absolute Gasteiger partial charge is 0.440 e. The summed E-state index contributed by atoms with van der Waals surface area (Å²) in [5.41, 5.74) is 10.2. The Morgan fingerprint density at radius 2 is 1.88 bits per heavy atom. The quantitative estimate of drug-likeness (QED) is 0.300. The number of allylic oxidation sites excluding steroid dienone is 1. The molecule has 164 valence electrons. The highest BCUT2D eigenvalue weighted by molar-refractivity contribution is 6.30. The topological polar surface area (TPSA) is 85.3 Å². The Morgan fingerprint density at radius 3 is 2.55 bits per heavy atom. The van der Waals surface area contributed by atoms with Crippen LogP contribution >= 0.6 is 11.6 Å². The van der Waals surface area contributed by atoms with E-state index in [2.05, 4.69) is 13.0 Å². The number of halogens is 1. The summed E-state index contributed by atoms with van der Waals surface area (Å²) in [6, 6.07) is 22.4. The molecular formula is C27H21ClN2O3. The minimum atomic E-state index is -0.534. The summed E-state index contributed by atoms with van der Waals surface area (Å²) in [4.78, 5) is 12.3. The lowest BCUT2D eigenvalue weighted by Gasteiger charge is -2.26. The Morgan fingerprint density at radius 1 is 1.15 bits per heavy atom. The van der Waals surface area contributed by atoms with E-state index < -0.39 is 5.97 Å². The summed E-state index contributed by atoms with van der Waals surface area (Å²) < 4.78 is 11.1. The number of esters is 1. The van der Waals surface area contributed by atoms with E-state index in [0.717, 1.165) is 23.1 Å². The lowest BCUT2D eigenvalue weighted by Crippen LogP contribution is -2.21. The van der Waals surface area contributed by atoms with Crippen molar-refractivity contribution < 1.29 is 14.3 Å². The first-order valence-electron chi connectivity index (χ1n) is 10.4. The zero-order valence-corrected chi connectivity index (χ0v) is 18.7. The molecule has 0 amide bonds. The van der Waals surface area contributed by atoms with Gasteiger partial charge in [-0.05, 0) is 47.4 Å². The lowest BCUT2D eigenvalue weighted by molar-refractivity contribution is -0.128. The number of hydrogen-bond donors (Lipinski definition) is 1. The number of aryl methyl sites for hydroxylation is 1. The third kappa shape index (κ3) is 4.92. The number of fused-ring (bicyclic) bond motifs is 1. The van der Waals surface area contributed by atoms with Gasteiger partial charge >= 0.3 is 5.97 Å². The van der Waals surface area contributed by atoms with Crippen LogP contribution in [0.4, 0.5) is 0 Å². The average Bonchev–Trinajstić information content (AvgIpc) is 2.83. The van der Waals surface area contributed by atoms with Crippen LogP contribution in [0.1, 0.15) is 35.1 Å². The fourth-order valence-electron chi connectivity index (χ4n) is 3.68. The van der Waals surface area contributed by atoms with Crippen molar-refractivity contribution >= 4 is 23.6 Å². The second-order valence-corrected chi connectivity index (χ2v) is 7.96. The van der Waals surface area contributed by atoms with Gasteiger partial charge in [-0.2, -0.15) is 5.26 Å². The summed E-state index contributed by atoms with van der Waals surface area (Å²) >= 11 is 5.87. The van der Waals surface area contributed by atoms with E-state index in [9.17, 15) is 10.1 Å². The first-order chi connectivity index (χ1) is 16.0. The lowest BCUT2D eigenvalue weighted by atomic mass is 9.83. The number of rotatable bonds is 5. The van der Waals surface area contributed by atoms with E-state index >= 15 is 0 Å². The summed E-state index contributed by atoms with van der Waals surface area (Å²) in [5, 5.41) is 10.3. The number of nitrogens with two attached hydrogens (primary N) is 1. The van der Waals surface area contributed by atoms with Crippen molar-refractivity contribution in [2.75, 3.05) is 0 Å². The van der Waals surface area contributed by atoms with Crippen LogP contribution in [-0.2, 0) is 11.2 Å². The molecule has 4 rings (SSSR count). The van der Waals surface area contributed by atoms with Gasteiger partial charge in [-0.15, -0.1) is 0 Å². The molecule has 1 aliphatic rings. The molecular weight excluding hydrogens is 436 g/mol. The number of benzene rings is 3. The number of hydrogen-bond acceptors (Lipinski definition) is 5. The summed E-state index contributed by atoms with van der Waals surface area (Å²) in [6.07, 6.45) is 3.90. The Balaban J connectivity index is 1.58. The van der Waals surface area contributed by atoms with Crippen molar-refractivity contribution in [3.8, 4) is 17.6 Å². The van der Waals surface area contributed by atoms with E-state index in [1.807, 2.05) is 24.3 Å². The van der Waals surface area contributed by atoms with E-state index in [-0.39, 0.29) is 11.8 Å². The van der Waals surface area contributed by atoms with Crippen LogP contribution in [0.5, 0.6) is 11.5 Å². The van der Waals surface area contributed by atoms with Gasteiger partial charge in [-0.3, -0.25) is 0 Å². The van der Waals surface area contributed by atoms with Crippen LogP contribution in [0.3, 0.4) is 0 Å². The Hall–Kier alpha value is -4.01. The molecule has 33 heavy (non-hydrogen) atoms. The van der Waals surface area contributed by atoms with Gasteiger partial charge in [0.15, 0.2) is 0 Å². The normalized spacial score (nSPS) is 15.0. The van der Waals surface area contributed by atoms with Crippen LogP contribution in [-0.4, -0.2) is 5.97 Å². The summed E-state index contributed by atoms with van der Waals surface area (Å²) in [7, 11) is 0. The van der Waals surface area contributed by atoms with Gasteiger partial charge in [-0.25, -0.2) is 4.79 Å². The first kappa shape index (κ1) is 22.2. The smallest absolute Gasteiger partial charge is 0.336 e. The molecule has 1 aliphatic heterocycles. The van der Waals surface area contributed by atoms with E-state index in [1.165, 1.54) is 11.6 Å². The van der Waals surface area contributed by atoms with Gasteiger partial charge in [0.1, 0.15) is 23.1 Å². The molecule has 3 aromatic rings. The predicted molar refractivity (Wildman–Crippen MR) is 128 cm³/mol. The van der Waals surface area contributed by atoms with Crippen molar-refractivity contribution in [3.63, 3.8) is 0 Å². The van der Waals surface area contributed by atoms with Crippen LogP contribution in [0.25, 0.3) is 6.08 Å². The maximum atomic E-state index is 12.3. The zero-order chi connectivity index (χ0) is 23.4. The molecule has 0 spiro atoms. The summed E-state index contributed by atoms with van der Waals surface area (Å²) in [5.74, 6) is -0.0932. The molecule has 3 aromatic carbocycles. The zero-order valence-electron chi connectivity index (χ0n) is 17.9. The van der Waals surface area contributed by atoms with Crippen molar-refractivity contribution in [1.82, 2.24) is 0 Å². The van der Waals surface area contributed by atoms with Crippen LogP contribution in [0, 0.1) is 11.3 Å². The Labute approximate surface area is 197 Å². The molecule has 0 saturated carbocycles. The van der Waals surface area contributed by atoms with Gasteiger partial charge in [0.2, 0.25) is 5.88 Å². The third-order valence-electron chi connectivity index (χ3n) is 5.41. The van der Waals surface area contributed by atoms with Crippen molar-refractivity contribution in [2.24, 2.45) is 5.73 Å². The highest BCUT2D eigenvalue weighted by atomic mass is 35.5. The number of carbonyl (C=O) groups is 1. The van der Waals surface area contributed by atoms with Gasteiger partial charge in [0, 0.05) is 22.7 Å². The number of ether oxygens (including phenoxy) is 2.